The van der Waals surface area contributed by atoms with E-state index in [1.165, 1.54) is 6.08 Å². The predicted octanol–water partition coefficient (Wildman–Crippen LogP) is 3.34. The second-order valence-corrected chi connectivity index (χ2v) is 15.8. The molecule has 2 radical (unpaired) electrons. The summed E-state index contributed by atoms with van der Waals surface area (Å²) in [4.78, 5) is 49.0. The quantitative estimate of drug-likeness (QED) is 0.0947. The van der Waals surface area contributed by atoms with Crippen LogP contribution >= 0.6 is 0 Å². The Labute approximate surface area is 341 Å². The van der Waals surface area contributed by atoms with Crippen LogP contribution in [0.5, 0.6) is 0 Å². The highest BCUT2D eigenvalue weighted by molar-refractivity contribution is 6.14. The Bertz CT molecular complexity index is 2080. The Kier molecular flexibility index (Phi) is 12.1. The molecule has 3 aliphatic heterocycles. The van der Waals surface area contributed by atoms with E-state index in [0.29, 0.717) is 56.9 Å². The lowest BCUT2D eigenvalue weighted by Crippen LogP contribution is -2.51. The molecule has 2 aromatic heterocycles. The number of carbonyl (C=O) groups excluding carboxylic acids is 3. The zero-order chi connectivity index (χ0) is 41.1. The Morgan fingerprint density at radius 1 is 0.931 bits per heavy atom. The molecule has 3 aromatic rings. The maximum Gasteiger partial charge on any atom is 0.272 e. The molecule has 3 amide bonds. The molecular formula is C42H56BN11O4. The smallest absolute Gasteiger partial charge is 0.272 e. The molecule has 1 unspecified atom stereocenters. The van der Waals surface area contributed by atoms with E-state index < -0.39 is 11.5 Å². The largest absolute Gasteiger partial charge is 0.393 e. The number of hydrogen-bond acceptors (Lipinski definition) is 11. The topological polar surface area (TPSA) is 200 Å². The van der Waals surface area contributed by atoms with Gasteiger partial charge in [-0.25, -0.2) is 4.98 Å². The number of benzene rings is 1. The lowest BCUT2D eigenvalue weighted by atomic mass is 9.83. The molecule has 5 aliphatic rings. The van der Waals surface area contributed by atoms with Crippen LogP contribution in [0.1, 0.15) is 99.6 Å². The molecule has 4 fully saturated rings. The van der Waals surface area contributed by atoms with Gasteiger partial charge in [0.25, 0.3) is 11.8 Å². The first-order valence-electron chi connectivity index (χ1n) is 20.8. The van der Waals surface area contributed by atoms with Gasteiger partial charge in [-0.05, 0) is 76.0 Å². The second kappa shape index (κ2) is 17.3. The first-order chi connectivity index (χ1) is 28.0. The number of pyridine rings is 1. The number of nitrogens with zero attached hydrogens (tertiary/aromatic N) is 6. The third-order valence-corrected chi connectivity index (χ3v) is 11.5. The molecule has 0 bridgehead atoms. The first-order valence-corrected chi connectivity index (χ1v) is 20.8. The standard InChI is InChI=1S/C40H50BN11O4.C2H6/c1-49-23-32-28(27-7-5-8-29(36(27)49)46-31(35(43)38(54)45-25-13-14-25)21-34(42)48-37(53)24-11-12-24)22-44-52(32)26-15-19-51(20-16-26)40(41,56)33-10-6-9-30(47-33)39(55)50-17-3-2-4-18-50;1-2/h5-10,21-22,24-26,46,56H,2-4,11-20,23,42-43H2,1H3,(H,45,54)(H,48,53);1-2H3/b34-21+,35-31+;. The summed E-state index contributed by atoms with van der Waals surface area (Å²) in [6, 6.07) is 11.2. The highest BCUT2D eigenvalue weighted by Crippen LogP contribution is 2.45. The first kappa shape index (κ1) is 40.8. The number of likely N-dealkylation sites (tertiary alicyclic amines) is 2. The zero-order valence-electron chi connectivity index (χ0n) is 33.8. The van der Waals surface area contributed by atoms with Gasteiger partial charge in [-0.1, -0.05) is 32.0 Å². The van der Waals surface area contributed by atoms with E-state index in [9.17, 15) is 19.5 Å². The van der Waals surface area contributed by atoms with Gasteiger partial charge in [0.05, 0.1) is 47.2 Å². The number of aromatic nitrogens is 3. The van der Waals surface area contributed by atoms with Crippen LogP contribution in [0.3, 0.4) is 0 Å². The van der Waals surface area contributed by atoms with Crippen molar-refractivity contribution in [3.05, 3.63) is 83.0 Å². The molecular weight excluding hydrogens is 733 g/mol. The molecule has 1 atom stereocenters. The third kappa shape index (κ3) is 8.72. The highest BCUT2D eigenvalue weighted by Gasteiger charge is 2.38. The van der Waals surface area contributed by atoms with Gasteiger partial charge in [-0.15, -0.1) is 0 Å². The molecule has 16 heteroatoms. The van der Waals surface area contributed by atoms with E-state index in [1.807, 2.05) is 55.1 Å². The molecule has 0 spiro atoms. The zero-order valence-corrected chi connectivity index (χ0v) is 33.8. The van der Waals surface area contributed by atoms with E-state index in [1.54, 1.807) is 18.2 Å². The average Bonchev–Trinajstić information content (AvgIpc) is 4.19. The Balaban J connectivity index is 0.00000252. The Morgan fingerprint density at radius 2 is 1.64 bits per heavy atom. The van der Waals surface area contributed by atoms with E-state index >= 15 is 0 Å². The second-order valence-electron chi connectivity index (χ2n) is 15.8. The van der Waals surface area contributed by atoms with Crippen LogP contribution in [-0.4, -0.2) is 94.5 Å². The maximum atomic E-state index is 13.2. The van der Waals surface area contributed by atoms with Crippen LogP contribution in [0.4, 0.5) is 11.4 Å². The summed E-state index contributed by atoms with van der Waals surface area (Å²) < 4.78 is 2.09. The number of carbonyl (C=O) groups is 3. The Hall–Kier alpha value is -5.35. The number of anilines is 2. The van der Waals surface area contributed by atoms with Crippen LogP contribution in [0.25, 0.3) is 11.1 Å². The molecule has 2 saturated heterocycles. The number of para-hydroxylation sites is 1. The number of rotatable bonds is 11. The number of nitrogens with one attached hydrogen (secondary N) is 3. The van der Waals surface area contributed by atoms with Crippen molar-refractivity contribution in [1.82, 2.24) is 35.2 Å². The van der Waals surface area contributed by atoms with Gasteiger partial charge in [0.1, 0.15) is 30.7 Å². The summed E-state index contributed by atoms with van der Waals surface area (Å²) >= 11 is 0. The minimum Gasteiger partial charge on any atom is -0.393 e. The van der Waals surface area contributed by atoms with E-state index in [-0.39, 0.29) is 52.7 Å². The molecule has 58 heavy (non-hydrogen) atoms. The normalized spacial score (nSPS) is 20.0. The molecule has 5 heterocycles. The number of allylic oxidation sites excluding steroid dienone is 1. The predicted molar refractivity (Wildman–Crippen MR) is 224 cm³/mol. The minimum atomic E-state index is -1.84. The summed E-state index contributed by atoms with van der Waals surface area (Å²) in [7, 11) is 8.58. The van der Waals surface area contributed by atoms with Gasteiger partial charge in [0.15, 0.2) is 0 Å². The summed E-state index contributed by atoms with van der Waals surface area (Å²) in [6.45, 7) is 6.99. The van der Waals surface area contributed by atoms with Crippen LogP contribution < -0.4 is 32.3 Å². The third-order valence-electron chi connectivity index (χ3n) is 11.5. The fourth-order valence-corrected chi connectivity index (χ4v) is 8.01. The summed E-state index contributed by atoms with van der Waals surface area (Å²) in [5.74, 6) is -0.623. The summed E-state index contributed by atoms with van der Waals surface area (Å²) in [6.07, 6.45) is 11.4. The van der Waals surface area contributed by atoms with E-state index in [4.69, 9.17) is 24.4 Å². The van der Waals surface area contributed by atoms with Gasteiger partial charge in [0.2, 0.25) is 5.91 Å². The number of nitrogens with two attached hydrogens (primary N) is 2. The number of amides is 3. The van der Waals surface area contributed by atoms with Crippen molar-refractivity contribution >= 4 is 36.9 Å². The van der Waals surface area contributed by atoms with Crippen LogP contribution in [0, 0.1) is 5.92 Å². The number of piperidine rings is 2. The van der Waals surface area contributed by atoms with Crippen molar-refractivity contribution in [2.45, 2.75) is 95.9 Å². The van der Waals surface area contributed by atoms with E-state index in [2.05, 4.69) is 30.5 Å². The van der Waals surface area contributed by atoms with Crippen molar-refractivity contribution < 1.29 is 19.5 Å². The van der Waals surface area contributed by atoms with Crippen molar-refractivity contribution in [3.8, 4) is 11.1 Å². The van der Waals surface area contributed by atoms with Crippen molar-refractivity contribution in [3.63, 3.8) is 0 Å². The lowest BCUT2D eigenvalue weighted by Gasteiger charge is -2.42. The van der Waals surface area contributed by atoms with Crippen molar-refractivity contribution in [2.75, 3.05) is 43.4 Å². The molecule has 8 rings (SSSR count). The van der Waals surface area contributed by atoms with Crippen molar-refractivity contribution in [1.29, 1.82) is 0 Å². The molecule has 8 N–H and O–H groups in total. The van der Waals surface area contributed by atoms with Gasteiger partial charge < -0.3 is 42.3 Å². The van der Waals surface area contributed by atoms with Crippen LogP contribution in [0.15, 0.2) is 65.9 Å². The average molecular weight is 790 g/mol. The van der Waals surface area contributed by atoms with E-state index in [0.717, 1.165) is 67.5 Å². The lowest BCUT2D eigenvalue weighted by molar-refractivity contribution is -0.121. The molecule has 2 aliphatic carbocycles. The molecule has 1 aromatic carbocycles. The van der Waals surface area contributed by atoms with Gasteiger partial charge in [-0.3, -0.25) is 24.0 Å². The Morgan fingerprint density at radius 3 is 2.33 bits per heavy atom. The van der Waals surface area contributed by atoms with Gasteiger partial charge in [0, 0.05) is 62.4 Å². The fourth-order valence-electron chi connectivity index (χ4n) is 8.01. The monoisotopic (exact) mass is 789 g/mol. The number of hydrogen-bond donors (Lipinski definition) is 6. The van der Waals surface area contributed by atoms with Crippen molar-refractivity contribution in [2.24, 2.45) is 17.4 Å². The molecule has 2 saturated carbocycles. The van der Waals surface area contributed by atoms with Gasteiger partial charge >= 0.3 is 0 Å². The SMILES string of the molecule is CC.[B]C(O)(c1cccc(C(=O)N2CCCCC2)n1)N1CCC(n2ncc3c2CN(C)c2c(NC(/C=C(\N)NC(=O)C4CC4)=C(/N)C(=O)NC4CC4)cccc2-3)CC1. The minimum absolute atomic E-state index is 0.0322. The summed E-state index contributed by atoms with van der Waals surface area (Å²) in [5.41, 5.74) is 16.3. The maximum absolute atomic E-state index is 13.2. The molecule has 15 nitrogen and oxygen atoms in total. The summed E-state index contributed by atoms with van der Waals surface area (Å²) in [5, 5.41) is 25.5. The number of aliphatic hydroxyl groups is 1. The van der Waals surface area contributed by atoms with Crippen LogP contribution in [-0.2, 0) is 21.8 Å². The van der Waals surface area contributed by atoms with Gasteiger partial charge in [-0.2, -0.15) is 5.10 Å². The fraction of sp³-hybridized carbons (Fsp3) is 0.500. The van der Waals surface area contributed by atoms with Crippen LogP contribution in [0.2, 0.25) is 0 Å². The number of fused-ring (bicyclic) bond motifs is 3. The molecule has 306 valence electrons. The highest BCUT2D eigenvalue weighted by atomic mass is 16.3.